The first kappa shape index (κ1) is 21.5. The van der Waals surface area contributed by atoms with Gasteiger partial charge >= 0.3 is 5.97 Å². The largest absolute Gasteiger partial charge is 0.478 e. The molecule has 0 aliphatic carbocycles. The van der Waals surface area contributed by atoms with Crippen molar-refractivity contribution in [3.63, 3.8) is 0 Å². The molecule has 13 heteroatoms. The van der Waals surface area contributed by atoms with E-state index in [0.717, 1.165) is 22.5 Å². The number of carbonyl (C=O) groups is 1. The molecule has 2 saturated heterocycles. The summed E-state index contributed by atoms with van der Waals surface area (Å²) in [6, 6.07) is 1.32. The number of nitrogens with zero attached hydrogens (tertiary/aromatic N) is 1. The highest BCUT2D eigenvalue weighted by Crippen LogP contribution is 2.34. The van der Waals surface area contributed by atoms with Crippen molar-refractivity contribution in [1.82, 2.24) is 4.31 Å². The lowest BCUT2D eigenvalue weighted by molar-refractivity contribution is 0.0696. The Kier molecular flexibility index (Phi) is 5.56. The van der Waals surface area contributed by atoms with Gasteiger partial charge in [0.2, 0.25) is 10.0 Å². The fraction of sp³-hybridized carbons (Fsp3) is 0.533. The Bertz CT molecular complexity index is 1080. The molecule has 1 aromatic rings. The molecule has 0 unspecified atom stereocenters. The van der Waals surface area contributed by atoms with E-state index in [-0.39, 0.29) is 34.9 Å². The van der Waals surface area contributed by atoms with Crippen molar-refractivity contribution in [3.05, 3.63) is 28.8 Å². The Morgan fingerprint density at radius 2 is 1.54 bits per heavy atom. The maximum absolute atomic E-state index is 13.4. The Labute approximate surface area is 168 Å². The van der Waals surface area contributed by atoms with Gasteiger partial charge in [0.25, 0.3) is 0 Å². The van der Waals surface area contributed by atoms with Gasteiger partial charge in [-0.15, -0.1) is 0 Å². The predicted molar refractivity (Wildman–Crippen MR) is 102 cm³/mol. The van der Waals surface area contributed by atoms with E-state index in [4.69, 9.17) is 16.7 Å². The molecule has 0 amide bonds. The highest BCUT2D eigenvalue weighted by Gasteiger charge is 2.46. The molecule has 2 aliphatic heterocycles. The second-order valence-corrected chi connectivity index (χ2v) is 13.6. The van der Waals surface area contributed by atoms with Gasteiger partial charge in [0.1, 0.15) is 4.90 Å². The van der Waals surface area contributed by atoms with Crippen molar-refractivity contribution in [2.75, 3.05) is 23.0 Å². The van der Waals surface area contributed by atoms with E-state index < -0.39 is 64.2 Å². The maximum Gasteiger partial charge on any atom is 0.335 e. The molecule has 0 saturated carbocycles. The second kappa shape index (κ2) is 7.24. The number of hydrogen-bond donors (Lipinski definition) is 1. The van der Waals surface area contributed by atoms with Gasteiger partial charge in [0.05, 0.1) is 33.6 Å². The Hall–Kier alpha value is -1.21. The Balaban J connectivity index is 2.12. The molecule has 0 bridgehead atoms. The maximum atomic E-state index is 13.4. The van der Waals surface area contributed by atoms with Crippen LogP contribution in [0.3, 0.4) is 0 Å². The molecule has 0 aromatic heterocycles. The number of halogens is 1. The SMILES string of the molecule is O=C(O)c1ccc(Cl)c(S(=O)(=O)N([C@H]2CCS(=O)(=O)C2)[C@H]2CCS(=O)(=O)C2)c1. The van der Waals surface area contributed by atoms with Crippen molar-refractivity contribution in [3.8, 4) is 0 Å². The monoisotopic (exact) mass is 471 g/mol. The van der Waals surface area contributed by atoms with Crippen LogP contribution in [0.25, 0.3) is 0 Å². The molecule has 0 spiro atoms. The van der Waals surface area contributed by atoms with Crippen molar-refractivity contribution in [1.29, 1.82) is 0 Å². The van der Waals surface area contributed by atoms with E-state index in [0.29, 0.717) is 0 Å². The van der Waals surface area contributed by atoms with E-state index in [1.165, 1.54) is 0 Å². The lowest BCUT2D eigenvalue weighted by atomic mass is 10.2. The van der Waals surface area contributed by atoms with Gasteiger partial charge in [0, 0.05) is 12.1 Å². The number of sulfonamides is 1. The Morgan fingerprint density at radius 3 is 1.93 bits per heavy atom. The van der Waals surface area contributed by atoms with E-state index in [1.54, 1.807) is 0 Å². The van der Waals surface area contributed by atoms with Crippen LogP contribution in [-0.2, 0) is 29.7 Å². The standard InChI is InChI=1S/C15H18ClNO8S3/c16-13-2-1-10(15(18)19)7-14(13)28(24,25)17(11-3-5-26(20,21)8-11)12-4-6-27(22,23)9-12/h1-2,7,11-12H,3-6,8-9H2,(H,18,19)/t11-,12-/m0/s1. The third-order valence-corrected chi connectivity index (χ3v) is 10.9. The van der Waals surface area contributed by atoms with E-state index in [2.05, 4.69) is 0 Å². The first-order chi connectivity index (χ1) is 12.8. The topological polar surface area (TPSA) is 143 Å². The normalized spacial score (nSPS) is 26.5. The fourth-order valence-corrected chi connectivity index (χ4v) is 9.57. The molecule has 156 valence electrons. The summed E-state index contributed by atoms with van der Waals surface area (Å²) in [7, 11) is -11.4. The molecule has 2 heterocycles. The number of carboxylic acids is 1. The minimum Gasteiger partial charge on any atom is -0.478 e. The summed E-state index contributed by atoms with van der Waals surface area (Å²) >= 11 is 6.02. The quantitative estimate of drug-likeness (QED) is 0.650. The van der Waals surface area contributed by atoms with Crippen molar-refractivity contribution in [2.45, 2.75) is 29.8 Å². The summed E-state index contributed by atoms with van der Waals surface area (Å²) in [5.74, 6) is -2.59. The summed E-state index contributed by atoms with van der Waals surface area (Å²) in [5, 5.41) is 8.93. The summed E-state index contributed by atoms with van der Waals surface area (Å²) in [6.07, 6.45) is 0.0721. The predicted octanol–water partition coefficient (Wildman–Crippen LogP) is 0.403. The Morgan fingerprint density at radius 1 is 1.04 bits per heavy atom. The second-order valence-electron chi connectivity index (χ2n) is 6.90. The molecule has 1 aromatic carbocycles. The van der Waals surface area contributed by atoms with Crippen LogP contribution in [-0.4, -0.2) is 75.7 Å². The molecular weight excluding hydrogens is 454 g/mol. The lowest BCUT2D eigenvalue weighted by Crippen LogP contribution is -2.48. The molecule has 28 heavy (non-hydrogen) atoms. The minimum atomic E-state index is -4.45. The van der Waals surface area contributed by atoms with Crippen molar-refractivity contribution < 1.29 is 35.2 Å². The summed E-state index contributed by atoms with van der Waals surface area (Å²) in [5.41, 5.74) is -0.305. The molecule has 3 rings (SSSR count). The number of benzene rings is 1. The van der Waals surface area contributed by atoms with Crippen molar-refractivity contribution in [2.24, 2.45) is 0 Å². The van der Waals surface area contributed by atoms with Gasteiger partial charge in [-0.3, -0.25) is 0 Å². The van der Waals surface area contributed by atoms with Crippen LogP contribution in [0, 0.1) is 0 Å². The zero-order valence-electron chi connectivity index (χ0n) is 14.5. The van der Waals surface area contributed by atoms with Crippen LogP contribution in [0.1, 0.15) is 23.2 Å². The summed E-state index contributed by atoms with van der Waals surface area (Å²) in [4.78, 5) is 10.8. The highest BCUT2D eigenvalue weighted by atomic mass is 35.5. The number of aromatic carboxylic acids is 1. The smallest absolute Gasteiger partial charge is 0.335 e. The first-order valence-electron chi connectivity index (χ1n) is 8.30. The van der Waals surface area contributed by atoms with Crippen molar-refractivity contribution >= 4 is 47.3 Å². The van der Waals surface area contributed by atoms with Crippen LogP contribution < -0.4 is 0 Å². The number of hydrogen-bond acceptors (Lipinski definition) is 7. The van der Waals surface area contributed by atoms with Crippen LogP contribution in [0.2, 0.25) is 5.02 Å². The molecule has 0 radical (unpaired) electrons. The van der Waals surface area contributed by atoms with Gasteiger partial charge in [-0.2, -0.15) is 4.31 Å². The molecular formula is C15H18ClNO8S3. The van der Waals surface area contributed by atoms with Crippen LogP contribution in [0.4, 0.5) is 0 Å². The number of rotatable bonds is 5. The first-order valence-corrected chi connectivity index (χ1v) is 13.8. The average molecular weight is 472 g/mol. The minimum absolute atomic E-state index is 0.0361. The zero-order valence-corrected chi connectivity index (χ0v) is 17.7. The summed E-state index contributed by atoms with van der Waals surface area (Å²) < 4.78 is 75.4. The molecule has 2 aliphatic rings. The average Bonchev–Trinajstić information content (AvgIpc) is 3.09. The molecule has 2 fully saturated rings. The fourth-order valence-electron chi connectivity index (χ4n) is 3.59. The van der Waals surface area contributed by atoms with Gasteiger partial charge in [-0.1, -0.05) is 11.6 Å². The van der Waals surface area contributed by atoms with E-state index in [1.807, 2.05) is 0 Å². The van der Waals surface area contributed by atoms with E-state index >= 15 is 0 Å². The molecule has 9 nitrogen and oxygen atoms in total. The van der Waals surface area contributed by atoms with E-state index in [9.17, 15) is 30.0 Å². The number of sulfone groups is 2. The molecule has 2 atom stereocenters. The zero-order chi connectivity index (χ0) is 20.9. The third kappa shape index (κ3) is 4.20. The van der Waals surface area contributed by atoms with Crippen LogP contribution in [0.15, 0.2) is 23.1 Å². The lowest BCUT2D eigenvalue weighted by Gasteiger charge is -2.32. The van der Waals surface area contributed by atoms with Crippen LogP contribution >= 0.6 is 11.6 Å². The molecule has 1 N–H and O–H groups in total. The number of carboxylic acid groups (broad SMARTS) is 1. The van der Waals surface area contributed by atoms with Crippen LogP contribution in [0.5, 0.6) is 0 Å². The third-order valence-electron chi connectivity index (χ3n) is 4.87. The van der Waals surface area contributed by atoms with Gasteiger partial charge in [0.15, 0.2) is 19.7 Å². The van der Waals surface area contributed by atoms with Gasteiger partial charge in [-0.25, -0.2) is 30.0 Å². The summed E-state index contributed by atoms with van der Waals surface area (Å²) in [6.45, 7) is 0. The van der Waals surface area contributed by atoms with Gasteiger partial charge < -0.3 is 5.11 Å². The van der Waals surface area contributed by atoms with Gasteiger partial charge in [-0.05, 0) is 31.0 Å². The highest BCUT2D eigenvalue weighted by molar-refractivity contribution is 7.92.